The van der Waals surface area contributed by atoms with Crippen LogP contribution in [0.1, 0.15) is 0 Å². The predicted molar refractivity (Wildman–Crippen MR) is 59.2 cm³/mol. The number of furan rings is 2. The minimum absolute atomic E-state index is 0.240. The molecule has 16 heavy (non-hydrogen) atoms. The van der Waals surface area contributed by atoms with Gasteiger partial charge in [-0.25, -0.2) is 0 Å². The lowest BCUT2D eigenvalue weighted by atomic mass is 10.2. The van der Waals surface area contributed by atoms with Crippen molar-refractivity contribution < 1.29 is 18.7 Å². The van der Waals surface area contributed by atoms with Crippen molar-refractivity contribution in [3.8, 4) is 11.7 Å². The lowest BCUT2D eigenvalue weighted by molar-refractivity contribution is 0.308. The van der Waals surface area contributed by atoms with Gasteiger partial charge in [-0.05, 0) is 23.7 Å². The van der Waals surface area contributed by atoms with Gasteiger partial charge in [0.15, 0.2) is 5.22 Å². The summed E-state index contributed by atoms with van der Waals surface area (Å²) in [7, 11) is 1.46. The minimum atomic E-state index is -0.240. The minimum Gasteiger partial charge on any atom is -0.489 e. The van der Waals surface area contributed by atoms with Crippen LogP contribution in [0.4, 0.5) is 0 Å². The molecule has 0 spiro atoms. The molecule has 82 valence electrons. The largest absolute Gasteiger partial charge is 0.489 e. The van der Waals surface area contributed by atoms with E-state index in [1.165, 1.54) is 7.11 Å². The predicted octanol–water partition coefficient (Wildman–Crippen LogP) is 3.55. The van der Waals surface area contributed by atoms with E-state index in [2.05, 4.69) is 0 Å². The summed E-state index contributed by atoms with van der Waals surface area (Å²) in [6.07, 6.45) is 0. The van der Waals surface area contributed by atoms with E-state index in [9.17, 15) is 5.11 Å². The molecule has 0 aliphatic rings. The average molecular weight is 239 g/mol. The van der Waals surface area contributed by atoms with Gasteiger partial charge in [-0.3, -0.25) is 0 Å². The van der Waals surface area contributed by atoms with E-state index in [0.29, 0.717) is 27.5 Å². The molecule has 0 unspecified atom stereocenters. The normalized spacial score (nSPS) is 11.4. The molecular formula is C11H7ClO4. The number of hydrogen-bond acceptors (Lipinski definition) is 4. The van der Waals surface area contributed by atoms with Gasteiger partial charge in [0.2, 0.25) is 5.75 Å². The summed E-state index contributed by atoms with van der Waals surface area (Å²) in [5.41, 5.74) is 1.15. The number of aromatic hydroxyl groups is 1. The first kappa shape index (κ1) is 9.42. The van der Waals surface area contributed by atoms with E-state index in [1.807, 2.05) is 0 Å². The first-order valence-electron chi connectivity index (χ1n) is 4.57. The monoisotopic (exact) mass is 238 g/mol. The number of hydrogen-bond donors (Lipinski definition) is 1. The van der Waals surface area contributed by atoms with Crippen LogP contribution in [0.5, 0.6) is 11.7 Å². The van der Waals surface area contributed by atoms with Gasteiger partial charge < -0.3 is 18.7 Å². The maximum atomic E-state index is 9.48. The Bertz CT molecular complexity index is 680. The van der Waals surface area contributed by atoms with Crippen molar-refractivity contribution in [1.82, 2.24) is 0 Å². The summed E-state index contributed by atoms with van der Waals surface area (Å²) in [4.78, 5) is 0. The fourth-order valence-electron chi connectivity index (χ4n) is 1.76. The van der Waals surface area contributed by atoms with Gasteiger partial charge in [0.05, 0.1) is 12.5 Å². The van der Waals surface area contributed by atoms with Crippen molar-refractivity contribution in [2.45, 2.75) is 0 Å². The van der Waals surface area contributed by atoms with Crippen molar-refractivity contribution in [2.75, 3.05) is 7.11 Å². The molecule has 1 aromatic carbocycles. The summed E-state index contributed by atoms with van der Waals surface area (Å²) in [6.45, 7) is 0. The third-order valence-electron chi connectivity index (χ3n) is 2.44. The van der Waals surface area contributed by atoms with Crippen molar-refractivity contribution in [3.63, 3.8) is 0 Å². The van der Waals surface area contributed by atoms with Crippen molar-refractivity contribution in [2.24, 2.45) is 0 Å². The molecule has 0 fully saturated rings. The number of halogens is 1. The topological polar surface area (TPSA) is 55.7 Å². The second-order valence-electron chi connectivity index (χ2n) is 3.38. The average Bonchev–Trinajstić information content (AvgIpc) is 2.71. The zero-order valence-corrected chi connectivity index (χ0v) is 9.04. The highest BCUT2D eigenvalue weighted by Gasteiger charge is 2.16. The Morgan fingerprint density at radius 2 is 2.00 bits per heavy atom. The smallest absolute Gasteiger partial charge is 0.327 e. The number of rotatable bonds is 1. The van der Waals surface area contributed by atoms with Gasteiger partial charge in [0, 0.05) is 11.5 Å². The highest BCUT2D eigenvalue weighted by Crippen LogP contribution is 2.40. The van der Waals surface area contributed by atoms with Crippen molar-refractivity contribution in [1.29, 1.82) is 0 Å². The summed E-state index contributed by atoms with van der Waals surface area (Å²) in [6, 6.07) is 5.14. The number of methoxy groups -OCH3 is 1. The lowest BCUT2D eigenvalue weighted by Crippen LogP contribution is -1.79. The van der Waals surface area contributed by atoms with Gasteiger partial charge >= 0.3 is 5.95 Å². The van der Waals surface area contributed by atoms with Crippen LogP contribution in [0.25, 0.3) is 21.9 Å². The molecule has 2 aromatic heterocycles. The Labute approximate surface area is 95.0 Å². The van der Waals surface area contributed by atoms with E-state index in [4.69, 9.17) is 25.2 Å². The third-order valence-corrected chi connectivity index (χ3v) is 2.62. The van der Waals surface area contributed by atoms with Crippen LogP contribution in [-0.4, -0.2) is 12.2 Å². The Balaban J connectivity index is 2.44. The van der Waals surface area contributed by atoms with Crippen LogP contribution < -0.4 is 4.74 Å². The van der Waals surface area contributed by atoms with Crippen molar-refractivity contribution >= 4 is 33.5 Å². The van der Waals surface area contributed by atoms with E-state index >= 15 is 0 Å². The van der Waals surface area contributed by atoms with Crippen LogP contribution in [-0.2, 0) is 0 Å². The van der Waals surface area contributed by atoms with E-state index in [-0.39, 0.29) is 5.95 Å². The first-order chi connectivity index (χ1) is 7.69. The van der Waals surface area contributed by atoms with Gasteiger partial charge in [-0.15, -0.1) is 0 Å². The number of ether oxygens (including phenoxy) is 1. The highest BCUT2D eigenvalue weighted by atomic mass is 35.5. The maximum Gasteiger partial charge on any atom is 0.327 e. The quantitative estimate of drug-likeness (QED) is 0.704. The van der Waals surface area contributed by atoms with Crippen LogP contribution in [0.2, 0.25) is 5.22 Å². The summed E-state index contributed by atoms with van der Waals surface area (Å²) in [5.74, 6) is 0.0562. The molecule has 0 atom stereocenters. The zero-order valence-electron chi connectivity index (χ0n) is 8.28. The Kier molecular flexibility index (Phi) is 1.82. The molecular weight excluding hydrogens is 232 g/mol. The van der Waals surface area contributed by atoms with Crippen LogP contribution in [0, 0.1) is 0 Å². The molecule has 0 aliphatic heterocycles. The Morgan fingerprint density at radius 1 is 1.19 bits per heavy atom. The molecule has 4 nitrogen and oxygen atoms in total. The molecule has 2 heterocycles. The highest BCUT2D eigenvalue weighted by molar-refractivity contribution is 6.29. The summed E-state index contributed by atoms with van der Waals surface area (Å²) >= 11 is 5.75. The van der Waals surface area contributed by atoms with Crippen molar-refractivity contribution in [3.05, 3.63) is 23.4 Å². The van der Waals surface area contributed by atoms with E-state index < -0.39 is 0 Å². The fourth-order valence-corrected chi connectivity index (χ4v) is 1.96. The molecule has 1 N–H and O–H groups in total. The molecule has 5 heteroatoms. The molecule has 0 saturated heterocycles. The number of benzene rings is 1. The summed E-state index contributed by atoms with van der Waals surface area (Å²) in [5, 5.41) is 11.3. The molecule has 0 radical (unpaired) electrons. The Hall–Kier alpha value is -1.81. The second kappa shape index (κ2) is 3.09. The lowest BCUT2D eigenvalue weighted by Gasteiger charge is -1.94. The third kappa shape index (κ3) is 1.17. The molecule has 0 aliphatic carbocycles. The van der Waals surface area contributed by atoms with Gasteiger partial charge in [0.25, 0.3) is 0 Å². The standard InChI is InChI=1S/C11H7ClO4/c1-14-10-6-4-7-5(3-9(12)15-7)2-8(6)16-11(10)13/h2-4,13H,1H3. The van der Waals surface area contributed by atoms with Gasteiger partial charge in [-0.1, -0.05) is 0 Å². The molecule has 0 saturated carbocycles. The SMILES string of the molecule is COc1c(O)oc2cc3cc(Cl)oc3cc12. The van der Waals surface area contributed by atoms with Gasteiger partial charge in [0.1, 0.15) is 11.2 Å². The molecule has 3 rings (SSSR count). The van der Waals surface area contributed by atoms with E-state index in [1.54, 1.807) is 18.2 Å². The fraction of sp³-hybridized carbons (Fsp3) is 0.0909. The van der Waals surface area contributed by atoms with Gasteiger partial charge in [-0.2, -0.15) is 0 Å². The molecule has 0 bridgehead atoms. The second-order valence-corrected chi connectivity index (χ2v) is 3.75. The molecule has 3 aromatic rings. The Morgan fingerprint density at radius 3 is 2.75 bits per heavy atom. The molecule has 0 amide bonds. The number of fused-ring (bicyclic) bond motifs is 2. The maximum absolute atomic E-state index is 9.48. The first-order valence-corrected chi connectivity index (χ1v) is 4.95. The zero-order chi connectivity index (χ0) is 11.3. The van der Waals surface area contributed by atoms with Crippen LogP contribution >= 0.6 is 11.6 Å². The van der Waals surface area contributed by atoms with E-state index in [0.717, 1.165) is 5.39 Å². The van der Waals surface area contributed by atoms with Crippen LogP contribution in [0.3, 0.4) is 0 Å². The summed E-state index contributed by atoms with van der Waals surface area (Å²) < 4.78 is 15.5. The van der Waals surface area contributed by atoms with Crippen LogP contribution in [0.15, 0.2) is 27.0 Å².